The number of ether oxygens (including phenoxy) is 1. The molecule has 0 saturated carbocycles. The Hall–Kier alpha value is -1.02. The largest absolute Gasteiger partial charge is 0.394 e. The standard InChI is InChI=1S/C14H25NO/c1-8-9-10-12(11-15-7)14(5,6)16-13(2,3)4/h8-11,15H,1H2,2-7H3/b10-9-,12-11+. The van der Waals surface area contributed by atoms with Crippen LogP contribution in [-0.4, -0.2) is 18.2 Å². The molecule has 0 fully saturated rings. The van der Waals surface area contributed by atoms with Crippen molar-refractivity contribution in [3.05, 3.63) is 36.6 Å². The molecule has 0 spiro atoms. The molecule has 0 aliphatic heterocycles. The highest BCUT2D eigenvalue weighted by molar-refractivity contribution is 5.29. The SMILES string of the molecule is C=C/C=C\C(=C/NC)C(C)(C)OC(C)(C)C. The average molecular weight is 223 g/mol. The maximum atomic E-state index is 6.04. The van der Waals surface area contributed by atoms with E-state index in [0.717, 1.165) is 5.57 Å². The van der Waals surface area contributed by atoms with Crippen molar-refractivity contribution in [1.29, 1.82) is 0 Å². The van der Waals surface area contributed by atoms with Crippen molar-refractivity contribution in [3.8, 4) is 0 Å². The van der Waals surface area contributed by atoms with Gasteiger partial charge in [-0.05, 0) is 40.2 Å². The molecule has 0 aliphatic carbocycles. The van der Waals surface area contributed by atoms with E-state index in [1.165, 1.54) is 0 Å². The van der Waals surface area contributed by atoms with Crippen LogP contribution >= 0.6 is 0 Å². The summed E-state index contributed by atoms with van der Waals surface area (Å²) in [6.07, 6.45) is 7.63. The molecule has 0 heterocycles. The van der Waals surface area contributed by atoms with Gasteiger partial charge in [0.15, 0.2) is 0 Å². The van der Waals surface area contributed by atoms with Crippen molar-refractivity contribution in [1.82, 2.24) is 5.32 Å². The second-order valence-electron chi connectivity index (χ2n) is 5.21. The molecule has 0 amide bonds. The van der Waals surface area contributed by atoms with Gasteiger partial charge >= 0.3 is 0 Å². The molecule has 0 aromatic carbocycles. The molecule has 2 nitrogen and oxygen atoms in total. The van der Waals surface area contributed by atoms with E-state index in [9.17, 15) is 0 Å². The highest BCUT2D eigenvalue weighted by Gasteiger charge is 2.28. The third-order valence-corrected chi connectivity index (χ3v) is 1.97. The highest BCUT2D eigenvalue weighted by Crippen LogP contribution is 2.27. The van der Waals surface area contributed by atoms with Crippen LogP contribution in [0.3, 0.4) is 0 Å². The fourth-order valence-electron chi connectivity index (χ4n) is 1.57. The van der Waals surface area contributed by atoms with Crippen LogP contribution in [0.2, 0.25) is 0 Å². The quantitative estimate of drug-likeness (QED) is 0.721. The summed E-state index contributed by atoms with van der Waals surface area (Å²) in [5, 5.41) is 3.04. The van der Waals surface area contributed by atoms with Crippen LogP contribution in [0.1, 0.15) is 34.6 Å². The van der Waals surface area contributed by atoms with Crippen molar-refractivity contribution in [3.63, 3.8) is 0 Å². The van der Waals surface area contributed by atoms with Gasteiger partial charge in [-0.15, -0.1) is 0 Å². The maximum Gasteiger partial charge on any atom is 0.0896 e. The van der Waals surface area contributed by atoms with Crippen LogP contribution < -0.4 is 5.32 Å². The first-order chi connectivity index (χ1) is 7.23. The predicted molar refractivity (Wildman–Crippen MR) is 71.4 cm³/mol. The third-order valence-electron chi connectivity index (χ3n) is 1.97. The number of allylic oxidation sites excluding steroid dienone is 2. The zero-order valence-corrected chi connectivity index (χ0v) is 11.4. The van der Waals surface area contributed by atoms with E-state index in [2.05, 4.69) is 46.5 Å². The molecule has 0 saturated heterocycles. The minimum Gasteiger partial charge on any atom is -0.394 e. The summed E-state index contributed by atoms with van der Waals surface area (Å²) >= 11 is 0. The molecule has 16 heavy (non-hydrogen) atoms. The summed E-state index contributed by atoms with van der Waals surface area (Å²) in [6.45, 7) is 14.0. The maximum absolute atomic E-state index is 6.04. The summed E-state index contributed by atoms with van der Waals surface area (Å²) in [4.78, 5) is 0. The Morgan fingerprint density at radius 1 is 1.19 bits per heavy atom. The zero-order valence-electron chi connectivity index (χ0n) is 11.4. The van der Waals surface area contributed by atoms with E-state index >= 15 is 0 Å². The zero-order chi connectivity index (χ0) is 12.8. The van der Waals surface area contributed by atoms with Gasteiger partial charge in [-0.2, -0.15) is 0 Å². The average Bonchev–Trinajstić information content (AvgIpc) is 2.07. The molecule has 0 atom stereocenters. The molecule has 1 N–H and O–H groups in total. The molecule has 0 unspecified atom stereocenters. The van der Waals surface area contributed by atoms with Crippen molar-refractivity contribution in [2.75, 3.05) is 7.05 Å². The fourth-order valence-corrected chi connectivity index (χ4v) is 1.57. The number of hydrogen-bond donors (Lipinski definition) is 1. The van der Waals surface area contributed by atoms with E-state index in [0.29, 0.717) is 0 Å². The lowest BCUT2D eigenvalue weighted by Gasteiger charge is -2.34. The second kappa shape index (κ2) is 5.90. The Balaban J connectivity index is 4.97. The Morgan fingerprint density at radius 3 is 2.12 bits per heavy atom. The van der Waals surface area contributed by atoms with Gasteiger partial charge in [-0.1, -0.05) is 24.8 Å². The molecular formula is C14H25NO. The van der Waals surface area contributed by atoms with Crippen LogP contribution in [0.4, 0.5) is 0 Å². The first-order valence-corrected chi connectivity index (χ1v) is 5.60. The molecule has 0 aliphatic rings. The second-order valence-corrected chi connectivity index (χ2v) is 5.21. The first kappa shape index (κ1) is 15.0. The normalized spacial score (nSPS) is 14.2. The molecule has 0 aromatic rings. The Morgan fingerprint density at radius 2 is 1.75 bits per heavy atom. The van der Waals surface area contributed by atoms with E-state index in [1.807, 2.05) is 25.4 Å². The van der Waals surface area contributed by atoms with E-state index in [-0.39, 0.29) is 11.2 Å². The summed E-state index contributed by atoms with van der Waals surface area (Å²) in [5.74, 6) is 0. The first-order valence-electron chi connectivity index (χ1n) is 5.60. The van der Waals surface area contributed by atoms with E-state index in [4.69, 9.17) is 4.74 Å². The highest BCUT2D eigenvalue weighted by atomic mass is 16.5. The molecule has 0 aromatic heterocycles. The fraction of sp³-hybridized carbons (Fsp3) is 0.571. The molecule has 0 bridgehead atoms. The van der Waals surface area contributed by atoms with Gasteiger partial charge in [0.1, 0.15) is 0 Å². The Bertz CT molecular complexity index is 280. The van der Waals surface area contributed by atoms with Gasteiger partial charge in [0.25, 0.3) is 0 Å². The van der Waals surface area contributed by atoms with E-state index in [1.54, 1.807) is 6.08 Å². The number of hydrogen-bond acceptors (Lipinski definition) is 2. The smallest absolute Gasteiger partial charge is 0.0896 e. The van der Waals surface area contributed by atoms with Gasteiger partial charge in [0.05, 0.1) is 11.2 Å². The minimum absolute atomic E-state index is 0.168. The van der Waals surface area contributed by atoms with Crippen LogP contribution in [0.25, 0.3) is 0 Å². The van der Waals surface area contributed by atoms with Gasteiger partial charge in [-0.3, -0.25) is 0 Å². The van der Waals surface area contributed by atoms with Gasteiger partial charge in [-0.25, -0.2) is 0 Å². The summed E-state index contributed by atoms with van der Waals surface area (Å²) in [7, 11) is 1.88. The van der Waals surface area contributed by atoms with Crippen molar-refractivity contribution >= 4 is 0 Å². The number of rotatable bonds is 5. The lowest BCUT2D eigenvalue weighted by molar-refractivity contribution is -0.0900. The van der Waals surface area contributed by atoms with E-state index < -0.39 is 0 Å². The summed E-state index contributed by atoms with van der Waals surface area (Å²) < 4.78 is 6.04. The van der Waals surface area contributed by atoms with Crippen molar-refractivity contribution in [2.45, 2.75) is 45.8 Å². The summed E-state index contributed by atoms with van der Waals surface area (Å²) in [5.41, 5.74) is 0.587. The monoisotopic (exact) mass is 223 g/mol. The topological polar surface area (TPSA) is 21.3 Å². The van der Waals surface area contributed by atoms with Crippen LogP contribution in [0.15, 0.2) is 36.6 Å². The van der Waals surface area contributed by atoms with Crippen molar-refractivity contribution < 1.29 is 4.74 Å². The van der Waals surface area contributed by atoms with Gasteiger partial charge in [0.2, 0.25) is 0 Å². The lowest BCUT2D eigenvalue weighted by Crippen LogP contribution is -2.36. The van der Waals surface area contributed by atoms with Gasteiger partial charge in [0, 0.05) is 13.2 Å². The Labute approximate surface area is 100 Å². The summed E-state index contributed by atoms with van der Waals surface area (Å²) in [6, 6.07) is 0. The number of nitrogens with one attached hydrogen (secondary N) is 1. The Kier molecular flexibility index (Phi) is 5.52. The van der Waals surface area contributed by atoms with Crippen LogP contribution in [0.5, 0.6) is 0 Å². The van der Waals surface area contributed by atoms with Crippen LogP contribution in [-0.2, 0) is 4.74 Å². The molecule has 2 heteroatoms. The predicted octanol–water partition coefficient (Wildman–Crippen LogP) is 3.43. The molecule has 0 radical (unpaired) electrons. The van der Waals surface area contributed by atoms with Crippen molar-refractivity contribution in [2.24, 2.45) is 0 Å². The lowest BCUT2D eigenvalue weighted by atomic mass is 9.96. The molecule has 92 valence electrons. The van der Waals surface area contributed by atoms with Gasteiger partial charge < -0.3 is 10.1 Å². The minimum atomic E-state index is -0.333. The molecular weight excluding hydrogens is 198 g/mol. The van der Waals surface area contributed by atoms with Crippen LogP contribution in [0, 0.1) is 0 Å². The third kappa shape index (κ3) is 5.76. The molecule has 0 rings (SSSR count).